The van der Waals surface area contributed by atoms with Gasteiger partial charge in [0, 0.05) is 5.56 Å². The van der Waals surface area contributed by atoms with Crippen molar-refractivity contribution >= 4 is 46.6 Å². The molecule has 8 heteroatoms. The first kappa shape index (κ1) is 18.8. The Morgan fingerprint density at radius 2 is 1.96 bits per heavy atom. The number of aromatic amines is 1. The van der Waals surface area contributed by atoms with Gasteiger partial charge in [0.2, 0.25) is 11.1 Å². The SMILES string of the molecule is CCc1ccc(-c2nc(SCC(=O)Nc3cccc(Cl)c3Cl)n[nH]2)cc1. The summed E-state index contributed by atoms with van der Waals surface area (Å²) >= 11 is 13.2. The molecule has 1 aromatic heterocycles. The maximum absolute atomic E-state index is 12.1. The Kier molecular flexibility index (Phi) is 6.19. The zero-order valence-corrected chi connectivity index (χ0v) is 16.3. The van der Waals surface area contributed by atoms with Gasteiger partial charge in [-0.1, -0.05) is 72.2 Å². The maximum Gasteiger partial charge on any atom is 0.234 e. The van der Waals surface area contributed by atoms with Crippen LogP contribution in [0.25, 0.3) is 11.4 Å². The molecule has 0 radical (unpaired) electrons. The number of nitrogens with zero attached hydrogens (tertiary/aromatic N) is 2. The van der Waals surface area contributed by atoms with Crippen LogP contribution < -0.4 is 5.32 Å². The van der Waals surface area contributed by atoms with Crippen LogP contribution in [0.5, 0.6) is 0 Å². The van der Waals surface area contributed by atoms with Crippen molar-refractivity contribution in [1.29, 1.82) is 0 Å². The van der Waals surface area contributed by atoms with Crippen molar-refractivity contribution < 1.29 is 4.79 Å². The van der Waals surface area contributed by atoms with Gasteiger partial charge in [0.05, 0.1) is 21.5 Å². The lowest BCUT2D eigenvalue weighted by Crippen LogP contribution is -2.14. The molecule has 2 aromatic carbocycles. The lowest BCUT2D eigenvalue weighted by molar-refractivity contribution is -0.113. The highest BCUT2D eigenvalue weighted by molar-refractivity contribution is 7.99. The molecule has 0 aliphatic carbocycles. The Balaban J connectivity index is 1.59. The molecular formula is C18H16Cl2N4OS. The van der Waals surface area contributed by atoms with E-state index in [1.54, 1.807) is 18.2 Å². The lowest BCUT2D eigenvalue weighted by atomic mass is 10.1. The Morgan fingerprint density at radius 1 is 1.19 bits per heavy atom. The number of carbonyl (C=O) groups excluding carboxylic acids is 1. The number of thioether (sulfide) groups is 1. The van der Waals surface area contributed by atoms with Crippen molar-refractivity contribution in [2.45, 2.75) is 18.5 Å². The third-order valence-electron chi connectivity index (χ3n) is 3.66. The number of aryl methyl sites for hydroxylation is 1. The van der Waals surface area contributed by atoms with Crippen LogP contribution in [-0.4, -0.2) is 26.8 Å². The largest absolute Gasteiger partial charge is 0.324 e. The van der Waals surface area contributed by atoms with Crippen LogP contribution in [0.2, 0.25) is 10.0 Å². The van der Waals surface area contributed by atoms with Gasteiger partial charge in [0.1, 0.15) is 0 Å². The standard InChI is InChI=1S/C18H16Cl2N4OS/c1-2-11-6-8-12(9-7-11)17-22-18(24-23-17)26-10-15(25)21-14-5-3-4-13(19)16(14)20/h3-9H,2,10H2,1H3,(H,21,25)(H,22,23,24). The average Bonchev–Trinajstić information content (AvgIpc) is 3.13. The number of benzene rings is 2. The van der Waals surface area contributed by atoms with Crippen molar-refractivity contribution in [2.24, 2.45) is 0 Å². The fourth-order valence-electron chi connectivity index (χ4n) is 2.26. The summed E-state index contributed by atoms with van der Waals surface area (Å²) < 4.78 is 0. The van der Waals surface area contributed by atoms with E-state index in [4.69, 9.17) is 23.2 Å². The predicted molar refractivity (Wildman–Crippen MR) is 107 cm³/mol. The zero-order valence-electron chi connectivity index (χ0n) is 13.9. The van der Waals surface area contributed by atoms with Crippen molar-refractivity contribution in [1.82, 2.24) is 15.2 Å². The van der Waals surface area contributed by atoms with Crippen LogP contribution >= 0.6 is 35.0 Å². The molecule has 26 heavy (non-hydrogen) atoms. The Hall–Kier alpha value is -2.02. The molecule has 0 aliphatic rings. The van der Waals surface area contributed by atoms with Gasteiger partial charge in [-0.3, -0.25) is 9.89 Å². The monoisotopic (exact) mass is 406 g/mol. The van der Waals surface area contributed by atoms with E-state index in [0.29, 0.717) is 26.7 Å². The number of rotatable bonds is 6. The van der Waals surface area contributed by atoms with Gasteiger partial charge in [-0.15, -0.1) is 5.10 Å². The molecule has 0 saturated heterocycles. The lowest BCUT2D eigenvalue weighted by Gasteiger charge is -2.07. The molecule has 0 bridgehead atoms. The Labute approximate surface area is 165 Å². The second-order valence-electron chi connectivity index (χ2n) is 5.46. The highest BCUT2D eigenvalue weighted by atomic mass is 35.5. The summed E-state index contributed by atoms with van der Waals surface area (Å²) in [6, 6.07) is 13.2. The average molecular weight is 407 g/mol. The van der Waals surface area contributed by atoms with E-state index < -0.39 is 0 Å². The molecule has 134 valence electrons. The second-order valence-corrected chi connectivity index (χ2v) is 7.18. The molecule has 0 fully saturated rings. The first-order valence-electron chi connectivity index (χ1n) is 7.95. The molecule has 1 amide bonds. The number of amides is 1. The molecule has 0 unspecified atom stereocenters. The number of aromatic nitrogens is 3. The predicted octanol–water partition coefficient (Wildman–Crippen LogP) is 5.07. The summed E-state index contributed by atoms with van der Waals surface area (Å²) in [7, 11) is 0. The van der Waals surface area contributed by atoms with Gasteiger partial charge < -0.3 is 5.32 Å². The number of hydrogen-bond donors (Lipinski definition) is 2. The number of hydrogen-bond acceptors (Lipinski definition) is 4. The summed E-state index contributed by atoms with van der Waals surface area (Å²) in [5.74, 6) is 0.626. The minimum atomic E-state index is -0.210. The van der Waals surface area contributed by atoms with E-state index in [2.05, 4.69) is 39.6 Å². The molecule has 5 nitrogen and oxygen atoms in total. The van der Waals surface area contributed by atoms with E-state index in [-0.39, 0.29) is 11.7 Å². The van der Waals surface area contributed by atoms with Gasteiger partial charge in [-0.2, -0.15) is 0 Å². The number of nitrogens with one attached hydrogen (secondary N) is 2. The topological polar surface area (TPSA) is 70.7 Å². The van der Waals surface area contributed by atoms with Crippen LogP contribution in [0, 0.1) is 0 Å². The third-order valence-corrected chi connectivity index (χ3v) is 5.32. The summed E-state index contributed by atoms with van der Waals surface area (Å²) in [5.41, 5.74) is 2.70. The van der Waals surface area contributed by atoms with E-state index in [1.807, 2.05) is 12.1 Å². The van der Waals surface area contributed by atoms with E-state index in [9.17, 15) is 4.79 Å². The maximum atomic E-state index is 12.1. The normalized spacial score (nSPS) is 10.7. The fraction of sp³-hybridized carbons (Fsp3) is 0.167. The fourth-order valence-corrected chi connectivity index (χ4v) is 3.20. The molecule has 1 heterocycles. The Morgan fingerprint density at radius 3 is 2.69 bits per heavy atom. The van der Waals surface area contributed by atoms with Gasteiger partial charge in [-0.25, -0.2) is 4.98 Å². The highest BCUT2D eigenvalue weighted by Crippen LogP contribution is 2.29. The Bertz CT molecular complexity index is 912. The summed E-state index contributed by atoms with van der Waals surface area (Å²) in [5, 5.41) is 11.0. The van der Waals surface area contributed by atoms with Crippen molar-refractivity contribution in [3.05, 3.63) is 58.1 Å². The van der Waals surface area contributed by atoms with Crippen LogP contribution in [0.3, 0.4) is 0 Å². The number of H-pyrrole nitrogens is 1. The van der Waals surface area contributed by atoms with Crippen LogP contribution in [-0.2, 0) is 11.2 Å². The number of anilines is 1. The third kappa shape index (κ3) is 4.58. The smallest absolute Gasteiger partial charge is 0.234 e. The van der Waals surface area contributed by atoms with Crippen molar-refractivity contribution in [3.63, 3.8) is 0 Å². The molecular weight excluding hydrogens is 391 g/mol. The summed E-state index contributed by atoms with van der Waals surface area (Å²) in [6.07, 6.45) is 0.990. The van der Waals surface area contributed by atoms with Gasteiger partial charge >= 0.3 is 0 Å². The zero-order chi connectivity index (χ0) is 18.5. The first-order valence-corrected chi connectivity index (χ1v) is 9.69. The minimum absolute atomic E-state index is 0.162. The van der Waals surface area contributed by atoms with Gasteiger partial charge in [0.25, 0.3) is 0 Å². The molecule has 2 N–H and O–H groups in total. The van der Waals surface area contributed by atoms with E-state index in [1.165, 1.54) is 17.3 Å². The van der Waals surface area contributed by atoms with Crippen LogP contribution in [0.1, 0.15) is 12.5 Å². The number of carbonyl (C=O) groups is 1. The molecule has 0 aliphatic heterocycles. The molecule has 0 spiro atoms. The second kappa shape index (κ2) is 8.58. The molecule has 3 aromatic rings. The quantitative estimate of drug-likeness (QED) is 0.560. The minimum Gasteiger partial charge on any atom is -0.324 e. The number of halogens is 2. The summed E-state index contributed by atoms with van der Waals surface area (Å²) in [4.78, 5) is 16.5. The van der Waals surface area contributed by atoms with Crippen LogP contribution in [0.15, 0.2) is 47.6 Å². The highest BCUT2D eigenvalue weighted by Gasteiger charge is 2.11. The van der Waals surface area contributed by atoms with Crippen LogP contribution in [0.4, 0.5) is 5.69 Å². The van der Waals surface area contributed by atoms with Crippen molar-refractivity contribution in [3.8, 4) is 11.4 Å². The van der Waals surface area contributed by atoms with Crippen molar-refractivity contribution in [2.75, 3.05) is 11.1 Å². The molecule has 0 saturated carbocycles. The van der Waals surface area contributed by atoms with E-state index in [0.717, 1.165) is 12.0 Å². The molecule has 3 rings (SSSR count). The van der Waals surface area contributed by atoms with E-state index >= 15 is 0 Å². The van der Waals surface area contributed by atoms with Gasteiger partial charge in [-0.05, 0) is 24.1 Å². The first-order chi connectivity index (χ1) is 12.6. The molecule has 0 atom stereocenters. The van der Waals surface area contributed by atoms with Gasteiger partial charge in [0.15, 0.2) is 5.82 Å². The summed E-state index contributed by atoms with van der Waals surface area (Å²) in [6.45, 7) is 2.11.